The highest BCUT2D eigenvalue weighted by atomic mass is 32.2. The number of imide groups is 1. The van der Waals surface area contributed by atoms with Crippen molar-refractivity contribution < 1.29 is 19.8 Å². The van der Waals surface area contributed by atoms with Gasteiger partial charge in [-0.25, -0.2) is 0 Å². The van der Waals surface area contributed by atoms with Crippen molar-refractivity contribution in [2.45, 2.75) is 20.8 Å². The number of carbonyl (C=O) groups excluding carboxylic acids is 2. The van der Waals surface area contributed by atoms with E-state index in [1.54, 1.807) is 16.7 Å². The first-order chi connectivity index (χ1) is 17.2. The highest BCUT2D eigenvalue weighted by molar-refractivity contribution is 8.18. The number of hydrogen-bond donors (Lipinski definition) is 3. The van der Waals surface area contributed by atoms with Gasteiger partial charge in [0, 0.05) is 11.1 Å². The molecule has 3 N–H and O–H groups in total. The predicted octanol–water partition coefficient (Wildman–Crippen LogP) is 6.71. The number of aromatic hydroxyl groups is 2. The Hall–Kier alpha value is -4.37. The average molecular weight is 499 g/mol. The number of nitrogens with zero attached hydrogens (tertiary/aromatic N) is 3. The maximum atomic E-state index is 11.8. The van der Waals surface area contributed by atoms with E-state index in [4.69, 9.17) is 0 Å². The quantitative estimate of drug-likeness (QED) is 0.214. The van der Waals surface area contributed by atoms with Gasteiger partial charge in [0.25, 0.3) is 11.1 Å². The molecule has 9 heteroatoms. The van der Waals surface area contributed by atoms with E-state index in [-0.39, 0.29) is 27.9 Å². The Morgan fingerprint density at radius 1 is 0.917 bits per heavy atom. The van der Waals surface area contributed by atoms with Crippen LogP contribution in [0, 0.1) is 20.8 Å². The molecule has 0 bridgehead atoms. The number of benzene rings is 3. The first-order valence-electron chi connectivity index (χ1n) is 11.1. The molecular weight excluding hydrogens is 476 g/mol. The number of aryl methyl sites for hydroxylation is 3. The van der Waals surface area contributed by atoms with E-state index in [0.717, 1.165) is 45.0 Å². The van der Waals surface area contributed by atoms with Crippen LogP contribution < -0.4 is 5.32 Å². The second-order valence-electron chi connectivity index (χ2n) is 8.60. The van der Waals surface area contributed by atoms with Gasteiger partial charge in [0.05, 0.1) is 10.4 Å². The summed E-state index contributed by atoms with van der Waals surface area (Å²) in [6.07, 6.45) is 1.51. The summed E-state index contributed by atoms with van der Waals surface area (Å²) in [6, 6.07) is 16.4. The number of phenolic OH excluding ortho intramolecular Hbond substituents is 1. The SMILES string of the molecule is Cc1ccc2c(N=Nc3ccc(/C=C4\SC(=O)NC4=O)cc3O)c(O)n(-c3ccc(C)c(C)c3)c2c1. The molecule has 0 radical (unpaired) electrons. The molecule has 0 saturated carbocycles. The third-order valence-corrected chi connectivity index (χ3v) is 6.83. The van der Waals surface area contributed by atoms with Crippen molar-refractivity contribution >= 4 is 51.3 Å². The van der Waals surface area contributed by atoms with Crippen molar-refractivity contribution in [3.63, 3.8) is 0 Å². The van der Waals surface area contributed by atoms with Crippen molar-refractivity contribution in [2.24, 2.45) is 10.2 Å². The third-order valence-electron chi connectivity index (χ3n) is 6.02. The van der Waals surface area contributed by atoms with Gasteiger partial charge >= 0.3 is 0 Å². The van der Waals surface area contributed by atoms with Crippen LogP contribution in [0.5, 0.6) is 11.6 Å². The van der Waals surface area contributed by atoms with E-state index in [0.29, 0.717) is 5.56 Å². The molecule has 0 unspecified atom stereocenters. The first kappa shape index (κ1) is 23.4. The van der Waals surface area contributed by atoms with Gasteiger partial charge in [-0.05, 0) is 91.2 Å². The molecule has 8 nitrogen and oxygen atoms in total. The lowest BCUT2D eigenvalue weighted by atomic mass is 10.1. The van der Waals surface area contributed by atoms with Gasteiger partial charge in [-0.2, -0.15) is 0 Å². The molecule has 1 fully saturated rings. The molecule has 0 aliphatic carbocycles. The molecule has 2 heterocycles. The molecule has 4 aromatic rings. The van der Waals surface area contributed by atoms with Crippen molar-refractivity contribution in [3.05, 3.63) is 81.8 Å². The lowest BCUT2D eigenvalue weighted by molar-refractivity contribution is -0.115. The van der Waals surface area contributed by atoms with E-state index >= 15 is 0 Å². The minimum absolute atomic E-state index is 0.0580. The molecule has 5 rings (SSSR count). The highest BCUT2D eigenvalue weighted by Crippen LogP contribution is 2.42. The number of hydrogen-bond acceptors (Lipinski definition) is 7. The summed E-state index contributed by atoms with van der Waals surface area (Å²) in [5.74, 6) is -0.687. The Morgan fingerprint density at radius 3 is 2.42 bits per heavy atom. The maximum absolute atomic E-state index is 11.8. The summed E-state index contributed by atoms with van der Waals surface area (Å²) in [5.41, 5.74) is 5.89. The maximum Gasteiger partial charge on any atom is 0.290 e. The van der Waals surface area contributed by atoms with Gasteiger partial charge in [0.15, 0.2) is 5.69 Å². The topological polar surface area (TPSA) is 116 Å². The molecule has 0 spiro atoms. The third kappa shape index (κ3) is 4.25. The number of carbonyl (C=O) groups is 2. The summed E-state index contributed by atoms with van der Waals surface area (Å²) >= 11 is 0.800. The fourth-order valence-electron chi connectivity index (χ4n) is 3.98. The van der Waals surface area contributed by atoms with Crippen LogP contribution in [-0.2, 0) is 4.79 Å². The Bertz CT molecular complexity index is 1630. The fraction of sp³-hybridized carbons (Fsp3) is 0.111. The number of thioether (sulfide) groups is 1. The second kappa shape index (κ2) is 9.01. The second-order valence-corrected chi connectivity index (χ2v) is 9.61. The van der Waals surface area contributed by atoms with Crippen LogP contribution >= 0.6 is 11.8 Å². The summed E-state index contributed by atoms with van der Waals surface area (Å²) in [7, 11) is 0. The minimum atomic E-state index is -0.473. The summed E-state index contributed by atoms with van der Waals surface area (Å²) in [4.78, 5) is 23.4. The number of phenols is 1. The van der Waals surface area contributed by atoms with Crippen LogP contribution in [-0.4, -0.2) is 25.9 Å². The summed E-state index contributed by atoms with van der Waals surface area (Å²) in [5, 5.41) is 32.6. The predicted molar refractivity (Wildman–Crippen MR) is 141 cm³/mol. The zero-order valence-corrected chi connectivity index (χ0v) is 20.6. The lowest BCUT2D eigenvalue weighted by Crippen LogP contribution is -2.17. The molecule has 1 aliphatic rings. The molecular formula is C27H22N4O4S. The molecule has 180 valence electrons. The van der Waals surface area contributed by atoms with Crippen LogP contribution in [0.15, 0.2) is 69.7 Å². The average Bonchev–Trinajstić information content (AvgIpc) is 3.29. The molecule has 1 aliphatic heterocycles. The zero-order chi connectivity index (χ0) is 25.6. The number of fused-ring (bicyclic) bond motifs is 1. The van der Waals surface area contributed by atoms with Gasteiger partial charge in [-0.1, -0.05) is 24.3 Å². The van der Waals surface area contributed by atoms with Gasteiger partial charge < -0.3 is 10.2 Å². The van der Waals surface area contributed by atoms with E-state index in [2.05, 4.69) is 15.5 Å². The van der Waals surface area contributed by atoms with Crippen LogP contribution in [0.25, 0.3) is 22.7 Å². The number of azo groups is 1. The van der Waals surface area contributed by atoms with Gasteiger partial charge in [0.2, 0.25) is 5.88 Å². The highest BCUT2D eigenvalue weighted by Gasteiger charge is 2.25. The van der Waals surface area contributed by atoms with E-state index in [9.17, 15) is 19.8 Å². The number of nitrogens with one attached hydrogen (secondary N) is 1. The Kier molecular flexibility index (Phi) is 5.85. The van der Waals surface area contributed by atoms with Crippen molar-refractivity contribution in [1.82, 2.24) is 9.88 Å². The van der Waals surface area contributed by atoms with Crippen LogP contribution in [0.4, 0.5) is 16.2 Å². The van der Waals surface area contributed by atoms with Crippen molar-refractivity contribution in [1.29, 1.82) is 0 Å². The monoisotopic (exact) mass is 498 g/mol. The minimum Gasteiger partial charge on any atom is -0.506 e. The van der Waals surface area contributed by atoms with Crippen LogP contribution in [0.3, 0.4) is 0 Å². The smallest absolute Gasteiger partial charge is 0.290 e. The lowest BCUT2D eigenvalue weighted by Gasteiger charge is -2.10. The van der Waals surface area contributed by atoms with Crippen LogP contribution in [0.1, 0.15) is 22.3 Å². The van der Waals surface area contributed by atoms with E-state index in [1.807, 2.05) is 57.2 Å². The standard InChI is InChI=1S/C27H22N4O4S/c1-14-4-8-19-21(10-14)31(18-7-5-15(2)16(3)11-18)26(34)24(19)30-29-20-9-6-17(12-22(20)32)13-23-25(33)28-27(35)36-23/h4-13,32,34H,1-3H3,(H,28,33,35)/b23-13-,30-29?. The largest absolute Gasteiger partial charge is 0.506 e. The Morgan fingerprint density at radius 2 is 1.72 bits per heavy atom. The van der Waals surface area contributed by atoms with Crippen LogP contribution in [0.2, 0.25) is 0 Å². The Balaban J connectivity index is 1.54. The summed E-state index contributed by atoms with van der Waals surface area (Å²) in [6.45, 7) is 6.03. The number of amides is 2. The van der Waals surface area contributed by atoms with Gasteiger partial charge in [-0.15, -0.1) is 10.2 Å². The summed E-state index contributed by atoms with van der Waals surface area (Å²) < 4.78 is 1.74. The van der Waals surface area contributed by atoms with Gasteiger partial charge in [-0.3, -0.25) is 19.5 Å². The van der Waals surface area contributed by atoms with Gasteiger partial charge in [0.1, 0.15) is 11.4 Å². The molecule has 2 amide bonds. The molecule has 3 aromatic carbocycles. The van der Waals surface area contributed by atoms with E-state index < -0.39 is 11.1 Å². The zero-order valence-electron chi connectivity index (χ0n) is 19.7. The van der Waals surface area contributed by atoms with E-state index in [1.165, 1.54) is 12.1 Å². The molecule has 1 aromatic heterocycles. The fourth-order valence-corrected chi connectivity index (χ4v) is 4.67. The number of rotatable bonds is 4. The van der Waals surface area contributed by atoms with Crippen molar-refractivity contribution in [3.8, 4) is 17.3 Å². The molecule has 1 saturated heterocycles. The molecule has 0 atom stereocenters. The Labute approximate surface area is 211 Å². The number of aromatic nitrogens is 1. The normalized spacial score (nSPS) is 14.9. The molecule has 36 heavy (non-hydrogen) atoms. The first-order valence-corrected chi connectivity index (χ1v) is 11.9. The van der Waals surface area contributed by atoms with Crippen molar-refractivity contribution in [2.75, 3.05) is 0 Å².